The zero-order chi connectivity index (χ0) is 18.1. The second kappa shape index (κ2) is 6.55. The van der Waals surface area contributed by atoms with Gasteiger partial charge in [-0.1, -0.05) is 38.1 Å². The number of sulfonamides is 1. The van der Waals surface area contributed by atoms with E-state index in [0.717, 1.165) is 24.6 Å². The van der Waals surface area contributed by atoms with E-state index in [4.69, 9.17) is 0 Å². The Morgan fingerprint density at radius 2 is 2.04 bits per heavy atom. The van der Waals surface area contributed by atoms with Gasteiger partial charge in [-0.15, -0.1) is 0 Å². The summed E-state index contributed by atoms with van der Waals surface area (Å²) in [7, 11) is -3.98. The van der Waals surface area contributed by atoms with Crippen molar-refractivity contribution in [3.63, 3.8) is 0 Å². The molecule has 0 radical (unpaired) electrons. The van der Waals surface area contributed by atoms with Gasteiger partial charge in [-0.05, 0) is 35.3 Å². The van der Waals surface area contributed by atoms with Crippen LogP contribution in [-0.4, -0.2) is 24.3 Å². The smallest absolute Gasteiger partial charge is 0.274 e. The molecule has 25 heavy (non-hydrogen) atoms. The molecule has 1 aromatic carbocycles. The van der Waals surface area contributed by atoms with E-state index in [1.807, 2.05) is 18.2 Å². The second-order valence-electron chi connectivity index (χ2n) is 6.98. The first-order valence-corrected chi connectivity index (χ1v) is 9.69. The van der Waals surface area contributed by atoms with Gasteiger partial charge in [0.15, 0.2) is 5.03 Å². The van der Waals surface area contributed by atoms with Gasteiger partial charge in [-0.3, -0.25) is 9.78 Å². The fourth-order valence-corrected chi connectivity index (χ4v) is 4.29. The molecule has 7 heteroatoms. The third-order valence-electron chi connectivity index (χ3n) is 4.74. The first kappa shape index (κ1) is 17.5. The van der Waals surface area contributed by atoms with Crippen LogP contribution >= 0.6 is 0 Å². The maximum atomic E-state index is 12.3. The minimum Gasteiger partial charge on any atom is -0.274 e. The van der Waals surface area contributed by atoms with Crippen LogP contribution in [0.15, 0.2) is 47.9 Å². The van der Waals surface area contributed by atoms with E-state index in [-0.39, 0.29) is 22.8 Å². The number of nitrogens with zero attached hydrogens (tertiary/aromatic N) is 2. The van der Waals surface area contributed by atoms with Gasteiger partial charge >= 0.3 is 0 Å². The Morgan fingerprint density at radius 1 is 1.28 bits per heavy atom. The fraction of sp³-hybridized carbons (Fsp3) is 0.389. The molecule has 1 amide bonds. The number of benzene rings is 1. The molecule has 1 aromatic heterocycles. The van der Waals surface area contributed by atoms with Crippen LogP contribution in [0.4, 0.5) is 0 Å². The normalized spacial score (nSPS) is 19.0. The van der Waals surface area contributed by atoms with Crippen LogP contribution in [0.25, 0.3) is 0 Å². The Hall–Kier alpha value is -2.28. The zero-order valence-electron chi connectivity index (χ0n) is 14.3. The Balaban J connectivity index is 1.76. The second-order valence-corrected chi connectivity index (χ2v) is 8.61. The predicted molar refractivity (Wildman–Crippen MR) is 93.4 cm³/mol. The van der Waals surface area contributed by atoms with Gasteiger partial charge in [0, 0.05) is 18.8 Å². The highest BCUT2D eigenvalue weighted by Gasteiger charge is 2.33. The summed E-state index contributed by atoms with van der Waals surface area (Å²) < 4.78 is 26.5. The number of rotatable bonds is 4. The van der Waals surface area contributed by atoms with Crippen LogP contribution < -0.4 is 4.72 Å². The molecule has 0 unspecified atom stereocenters. The van der Waals surface area contributed by atoms with Crippen LogP contribution in [0, 0.1) is 0 Å². The molecule has 0 aliphatic heterocycles. The lowest BCUT2D eigenvalue weighted by atomic mass is 9.68. The first-order valence-electron chi connectivity index (χ1n) is 8.21. The van der Waals surface area contributed by atoms with Gasteiger partial charge in [0.1, 0.15) is 0 Å². The largest absolute Gasteiger partial charge is 0.283 e. The topological polar surface area (TPSA) is 89.0 Å². The third kappa shape index (κ3) is 3.71. The van der Waals surface area contributed by atoms with Crippen molar-refractivity contribution in [3.8, 4) is 0 Å². The minimum atomic E-state index is -3.98. The summed E-state index contributed by atoms with van der Waals surface area (Å²) in [5, 5.41) is -0.256. The standard InChI is InChI=1S/C18H21N3O3S/c1-18(2)8-7-13(14-5-3-4-6-15(14)18)11-16(22)21-25(23,24)17-12-19-9-10-20-17/h3-6,9-10,12-13H,7-8,11H2,1-2H3,(H,21,22)/t13-/m1/s1. The van der Waals surface area contributed by atoms with E-state index in [2.05, 4.69) is 34.6 Å². The fourth-order valence-electron chi connectivity index (χ4n) is 3.40. The molecule has 0 saturated heterocycles. The minimum absolute atomic E-state index is 0.0151. The third-order valence-corrected chi connectivity index (χ3v) is 6.00. The molecule has 1 heterocycles. The van der Waals surface area contributed by atoms with Crippen LogP contribution in [0.1, 0.15) is 50.2 Å². The highest BCUT2D eigenvalue weighted by atomic mass is 32.2. The number of nitrogens with one attached hydrogen (secondary N) is 1. The molecule has 2 aromatic rings. The number of fused-ring (bicyclic) bond motifs is 1. The van der Waals surface area contributed by atoms with Gasteiger partial charge in [-0.2, -0.15) is 8.42 Å². The lowest BCUT2D eigenvalue weighted by Crippen LogP contribution is -2.34. The molecule has 0 spiro atoms. The number of carbonyl (C=O) groups is 1. The summed E-state index contributed by atoms with van der Waals surface area (Å²) in [4.78, 5) is 19.8. The van der Waals surface area contributed by atoms with Gasteiger partial charge in [-0.25, -0.2) is 9.71 Å². The highest BCUT2D eigenvalue weighted by molar-refractivity contribution is 7.90. The van der Waals surface area contributed by atoms with E-state index >= 15 is 0 Å². The van der Waals surface area contributed by atoms with Crippen LogP contribution in [0.2, 0.25) is 0 Å². The van der Waals surface area contributed by atoms with E-state index in [0.29, 0.717) is 0 Å². The lowest BCUT2D eigenvalue weighted by molar-refractivity contribution is -0.119. The van der Waals surface area contributed by atoms with Gasteiger partial charge in [0.25, 0.3) is 10.0 Å². The number of hydrogen-bond acceptors (Lipinski definition) is 5. The number of carbonyl (C=O) groups excluding carboxylic acids is 1. The summed E-state index contributed by atoms with van der Waals surface area (Å²) in [6.45, 7) is 4.39. The Morgan fingerprint density at radius 3 is 2.76 bits per heavy atom. The maximum Gasteiger partial charge on any atom is 0.283 e. The SMILES string of the molecule is CC1(C)CC[C@H](CC(=O)NS(=O)(=O)c2cnccn2)c2ccccc21. The summed E-state index contributed by atoms with van der Waals surface area (Å²) in [6.07, 6.45) is 5.71. The van der Waals surface area contributed by atoms with E-state index in [1.54, 1.807) is 0 Å². The van der Waals surface area contributed by atoms with E-state index in [1.165, 1.54) is 18.0 Å². The van der Waals surface area contributed by atoms with E-state index in [9.17, 15) is 13.2 Å². The van der Waals surface area contributed by atoms with Crippen molar-refractivity contribution in [2.24, 2.45) is 0 Å². The number of amides is 1. The molecule has 1 atom stereocenters. The quantitative estimate of drug-likeness (QED) is 0.906. The van der Waals surface area contributed by atoms with Crippen molar-refractivity contribution in [1.82, 2.24) is 14.7 Å². The summed E-state index contributed by atoms with van der Waals surface area (Å²) in [6, 6.07) is 8.09. The van der Waals surface area contributed by atoms with Crippen molar-refractivity contribution < 1.29 is 13.2 Å². The molecular weight excluding hydrogens is 338 g/mol. The monoisotopic (exact) mass is 359 g/mol. The van der Waals surface area contributed by atoms with Crippen molar-refractivity contribution in [2.45, 2.75) is 49.5 Å². The molecule has 6 nitrogen and oxygen atoms in total. The molecule has 0 bridgehead atoms. The first-order chi connectivity index (χ1) is 11.8. The molecular formula is C18H21N3O3S. The number of aromatic nitrogens is 2. The van der Waals surface area contributed by atoms with E-state index < -0.39 is 15.9 Å². The van der Waals surface area contributed by atoms with Crippen molar-refractivity contribution >= 4 is 15.9 Å². The average Bonchev–Trinajstić information content (AvgIpc) is 2.58. The summed E-state index contributed by atoms with van der Waals surface area (Å²) >= 11 is 0. The van der Waals surface area contributed by atoms with Crippen molar-refractivity contribution in [2.75, 3.05) is 0 Å². The zero-order valence-corrected chi connectivity index (χ0v) is 15.1. The van der Waals surface area contributed by atoms with Gasteiger partial charge in [0.05, 0.1) is 6.20 Å². The Labute approximate surface area is 147 Å². The van der Waals surface area contributed by atoms with Crippen LogP contribution in [-0.2, 0) is 20.2 Å². The molecule has 1 aliphatic rings. The molecule has 1 aliphatic carbocycles. The summed E-state index contributed by atoms with van der Waals surface area (Å²) in [5.74, 6) is -0.508. The molecule has 1 N–H and O–H groups in total. The Bertz CT molecular complexity index is 879. The van der Waals surface area contributed by atoms with Crippen LogP contribution in [0.3, 0.4) is 0 Å². The number of hydrogen-bond donors (Lipinski definition) is 1. The Kier molecular flexibility index (Phi) is 4.60. The molecule has 3 rings (SSSR count). The molecule has 132 valence electrons. The molecule has 0 saturated carbocycles. The maximum absolute atomic E-state index is 12.3. The average molecular weight is 359 g/mol. The van der Waals surface area contributed by atoms with Crippen molar-refractivity contribution in [1.29, 1.82) is 0 Å². The van der Waals surface area contributed by atoms with Gasteiger partial charge < -0.3 is 0 Å². The van der Waals surface area contributed by atoms with Crippen LogP contribution in [0.5, 0.6) is 0 Å². The predicted octanol–water partition coefficient (Wildman–Crippen LogP) is 2.53. The lowest BCUT2D eigenvalue weighted by Gasteiger charge is -2.37. The van der Waals surface area contributed by atoms with Gasteiger partial charge in [0.2, 0.25) is 5.91 Å². The van der Waals surface area contributed by atoms with Crippen molar-refractivity contribution in [3.05, 3.63) is 54.0 Å². The highest BCUT2D eigenvalue weighted by Crippen LogP contribution is 2.43. The summed E-state index contributed by atoms with van der Waals surface area (Å²) in [5.41, 5.74) is 2.43. The molecule has 0 fully saturated rings.